The van der Waals surface area contributed by atoms with Crippen molar-refractivity contribution in [3.8, 4) is 5.82 Å². The third-order valence-electron chi connectivity index (χ3n) is 11.0. The van der Waals surface area contributed by atoms with Gasteiger partial charge in [-0.05, 0) is 81.9 Å². The van der Waals surface area contributed by atoms with Gasteiger partial charge in [-0.15, -0.1) is 0 Å². The van der Waals surface area contributed by atoms with Crippen LogP contribution in [-0.4, -0.2) is 15.3 Å². The number of benzene rings is 6. The van der Waals surface area contributed by atoms with Crippen LogP contribution in [0.5, 0.6) is 0 Å². The van der Waals surface area contributed by atoms with Crippen LogP contribution in [0.25, 0.3) is 60.4 Å². The average molecular weight is 642 g/mol. The van der Waals surface area contributed by atoms with Crippen LogP contribution in [0.4, 0.5) is 0 Å². The minimum absolute atomic E-state index is 0.0634. The number of pyridine rings is 1. The first-order valence-electron chi connectivity index (χ1n) is 17.6. The molecule has 0 atom stereocenters. The van der Waals surface area contributed by atoms with Crippen molar-refractivity contribution in [2.24, 2.45) is 4.99 Å². The molecule has 0 fully saturated rings. The van der Waals surface area contributed by atoms with E-state index >= 15 is 0 Å². The fourth-order valence-electron chi connectivity index (χ4n) is 8.43. The molecule has 0 saturated carbocycles. The highest BCUT2D eigenvalue weighted by Crippen LogP contribution is 2.49. The van der Waals surface area contributed by atoms with Gasteiger partial charge in [0.05, 0.1) is 22.4 Å². The Morgan fingerprint density at radius 1 is 0.600 bits per heavy atom. The van der Waals surface area contributed by atoms with Crippen LogP contribution < -0.4 is 0 Å². The van der Waals surface area contributed by atoms with E-state index in [0.717, 1.165) is 57.8 Å². The predicted octanol–water partition coefficient (Wildman–Crippen LogP) is 11.9. The summed E-state index contributed by atoms with van der Waals surface area (Å²) in [5.74, 6) is 0.905. The van der Waals surface area contributed by atoms with Crippen molar-refractivity contribution in [3.63, 3.8) is 0 Å². The maximum Gasteiger partial charge on any atom is 0.137 e. The van der Waals surface area contributed by atoms with E-state index in [1.165, 1.54) is 49.0 Å². The van der Waals surface area contributed by atoms with Crippen LogP contribution in [0.1, 0.15) is 48.9 Å². The van der Waals surface area contributed by atoms with Crippen molar-refractivity contribution >= 4 is 60.3 Å². The smallest absolute Gasteiger partial charge is 0.137 e. The molecule has 1 aliphatic heterocycles. The molecule has 0 N–H and O–H groups in total. The Kier molecular flexibility index (Phi) is 6.35. The minimum atomic E-state index is -0.0634. The molecule has 3 heteroatoms. The third kappa shape index (κ3) is 4.36. The molecule has 0 saturated heterocycles. The summed E-state index contributed by atoms with van der Waals surface area (Å²) in [5, 5.41) is 7.38. The average Bonchev–Trinajstić information content (AvgIpc) is 3.57. The first-order valence-corrected chi connectivity index (χ1v) is 17.6. The molecule has 50 heavy (non-hydrogen) atoms. The lowest BCUT2D eigenvalue weighted by Gasteiger charge is -2.25. The topological polar surface area (TPSA) is 30.2 Å². The molecule has 0 radical (unpaired) electrons. The lowest BCUT2D eigenvalue weighted by atomic mass is 9.79. The summed E-state index contributed by atoms with van der Waals surface area (Å²) in [6.45, 7) is 4.71. The van der Waals surface area contributed by atoms with Crippen LogP contribution >= 0.6 is 0 Å². The number of allylic oxidation sites excluding steroid dienone is 3. The highest BCUT2D eigenvalue weighted by Gasteiger charge is 2.38. The van der Waals surface area contributed by atoms with E-state index in [0.29, 0.717) is 0 Å². The molecule has 0 spiro atoms. The summed E-state index contributed by atoms with van der Waals surface area (Å²) < 4.78 is 2.31. The van der Waals surface area contributed by atoms with Crippen LogP contribution in [-0.2, 0) is 5.41 Å². The van der Waals surface area contributed by atoms with Crippen molar-refractivity contribution < 1.29 is 0 Å². The van der Waals surface area contributed by atoms with Crippen LogP contribution in [0.15, 0.2) is 162 Å². The molecule has 3 heterocycles. The normalized spacial score (nSPS) is 17.6. The summed E-state index contributed by atoms with van der Waals surface area (Å²) in [4.78, 5) is 10.8. The van der Waals surface area contributed by atoms with Gasteiger partial charge in [0, 0.05) is 44.6 Å². The van der Waals surface area contributed by atoms with E-state index in [4.69, 9.17) is 9.98 Å². The number of nitrogens with zero attached hydrogens (tertiary/aromatic N) is 3. The number of hydrogen-bond acceptors (Lipinski definition) is 2. The molecular formula is C47H35N3. The van der Waals surface area contributed by atoms with Gasteiger partial charge in [-0.1, -0.05) is 123 Å². The van der Waals surface area contributed by atoms with Gasteiger partial charge in [0.1, 0.15) is 5.82 Å². The fourth-order valence-corrected chi connectivity index (χ4v) is 8.43. The van der Waals surface area contributed by atoms with Crippen LogP contribution in [0, 0.1) is 0 Å². The van der Waals surface area contributed by atoms with E-state index in [-0.39, 0.29) is 5.41 Å². The molecule has 1 aliphatic carbocycles. The molecule has 0 unspecified atom stereocenters. The van der Waals surface area contributed by atoms with Gasteiger partial charge in [0.2, 0.25) is 0 Å². The van der Waals surface area contributed by atoms with Gasteiger partial charge in [-0.3, -0.25) is 4.57 Å². The van der Waals surface area contributed by atoms with Crippen molar-refractivity contribution in [3.05, 3.63) is 180 Å². The van der Waals surface area contributed by atoms with Crippen molar-refractivity contribution in [2.45, 2.75) is 32.1 Å². The van der Waals surface area contributed by atoms with Gasteiger partial charge in [-0.2, -0.15) is 0 Å². The number of aromatic nitrogens is 2. The van der Waals surface area contributed by atoms with Gasteiger partial charge in [0.25, 0.3) is 0 Å². The number of hydrogen-bond donors (Lipinski definition) is 0. The monoisotopic (exact) mass is 641 g/mol. The highest BCUT2D eigenvalue weighted by molar-refractivity contribution is 6.33. The highest BCUT2D eigenvalue weighted by atomic mass is 15.1. The first kappa shape index (κ1) is 28.9. The Morgan fingerprint density at radius 2 is 1.30 bits per heavy atom. The van der Waals surface area contributed by atoms with Crippen molar-refractivity contribution in [1.82, 2.24) is 9.55 Å². The molecule has 6 aromatic carbocycles. The molecule has 2 aromatic heterocycles. The number of para-hydroxylation sites is 1. The van der Waals surface area contributed by atoms with Gasteiger partial charge < -0.3 is 0 Å². The zero-order valence-corrected chi connectivity index (χ0v) is 28.2. The summed E-state index contributed by atoms with van der Waals surface area (Å²) in [6, 6.07) is 50.4. The zero-order chi connectivity index (χ0) is 33.4. The SMILES string of the molecule is CC1(C)C2=C(/N=C(c3ccc4ccccc4c3)\C(c3ccc(-n4c5ccccc5c5cc6ccccc6cc54)nc3)=C/CC2)c2ccccc21. The van der Waals surface area contributed by atoms with Crippen LogP contribution in [0.3, 0.4) is 0 Å². The van der Waals surface area contributed by atoms with Gasteiger partial charge >= 0.3 is 0 Å². The summed E-state index contributed by atoms with van der Waals surface area (Å²) in [6.07, 6.45) is 6.33. The lowest BCUT2D eigenvalue weighted by molar-refractivity contribution is 0.608. The second-order valence-electron chi connectivity index (χ2n) is 14.2. The molecule has 10 rings (SSSR count). The quantitative estimate of drug-likeness (QED) is 0.189. The van der Waals surface area contributed by atoms with E-state index in [9.17, 15) is 0 Å². The second kappa shape index (κ2) is 11.0. The first-order chi connectivity index (χ1) is 24.5. The van der Waals surface area contributed by atoms with Gasteiger partial charge in [-0.25, -0.2) is 9.98 Å². The van der Waals surface area contributed by atoms with Crippen molar-refractivity contribution in [2.75, 3.05) is 0 Å². The fraction of sp³-hybridized carbons (Fsp3) is 0.106. The van der Waals surface area contributed by atoms with Gasteiger partial charge in [0.15, 0.2) is 0 Å². The third-order valence-corrected chi connectivity index (χ3v) is 11.0. The largest absolute Gasteiger partial charge is 0.294 e. The summed E-state index contributed by atoms with van der Waals surface area (Å²) in [5.41, 5.74) is 11.7. The zero-order valence-electron chi connectivity index (χ0n) is 28.2. The molecule has 3 nitrogen and oxygen atoms in total. The van der Waals surface area contributed by atoms with Crippen LogP contribution in [0.2, 0.25) is 0 Å². The summed E-state index contributed by atoms with van der Waals surface area (Å²) in [7, 11) is 0. The predicted molar refractivity (Wildman–Crippen MR) is 210 cm³/mol. The number of aliphatic imine (C=N–C) groups is 1. The second-order valence-corrected chi connectivity index (χ2v) is 14.2. The minimum Gasteiger partial charge on any atom is -0.294 e. The lowest BCUT2D eigenvalue weighted by Crippen LogP contribution is -2.17. The maximum absolute atomic E-state index is 5.65. The Labute approximate surface area is 291 Å². The van der Waals surface area contributed by atoms with E-state index in [1.54, 1.807) is 0 Å². The Morgan fingerprint density at radius 3 is 2.12 bits per heavy atom. The van der Waals surface area contributed by atoms with E-state index in [2.05, 4.69) is 164 Å². The molecule has 0 bridgehead atoms. The number of fused-ring (bicyclic) bond motifs is 7. The molecule has 0 amide bonds. The Hall–Kier alpha value is -6.06. The molecule has 8 aromatic rings. The maximum atomic E-state index is 5.65. The standard InChI is InChI=1S/C47H35N3/c1-47(2)40-19-9-7-17-38(40)46-41(47)20-11-18-36(45(49-46)34-23-22-30-12-3-4-13-31(30)26-34)35-24-25-44(48-29-35)50-42-21-10-8-16-37(42)39-27-32-14-5-6-15-33(32)28-43(39)50/h3-10,12-19,21-29H,11,20H2,1-2H3/b36-18-,49-45-. The Balaban J connectivity index is 1.15. The van der Waals surface area contributed by atoms with Crippen molar-refractivity contribution in [1.29, 1.82) is 0 Å². The molecular weight excluding hydrogens is 607 g/mol. The Bertz CT molecular complexity index is 2770. The molecule has 2 aliphatic rings. The van der Waals surface area contributed by atoms with E-state index in [1.807, 2.05) is 6.20 Å². The summed E-state index contributed by atoms with van der Waals surface area (Å²) >= 11 is 0. The number of rotatable bonds is 3. The van der Waals surface area contributed by atoms with E-state index < -0.39 is 0 Å². The molecule has 238 valence electrons.